The number of halogens is 1. The Labute approximate surface area is 98.3 Å². The van der Waals surface area contributed by atoms with Gasteiger partial charge in [0.2, 0.25) is 0 Å². The number of rotatable bonds is 1. The largest absolute Gasteiger partial charge is 0.395 e. The van der Waals surface area contributed by atoms with Crippen LogP contribution in [0, 0.1) is 22.7 Å². The summed E-state index contributed by atoms with van der Waals surface area (Å²) in [6, 6.07) is 3.97. The Bertz CT molecular complexity index is 317. The molecule has 0 saturated heterocycles. The zero-order valence-corrected chi connectivity index (χ0v) is 10.2. The van der Waals surface area contributed by atoms with Crippen LogP contribution in [0.15, 0.2) is 9.81 Å². The van der Waals surface area contributed by atoms with Crippen molar-refractivity contribution in [1.29, 1.82) is 10.5 Å². The molecule has 0 spiro atoms. The minimum Gasteiger partial charge on any atom is -0.395 e. The van der Waals surface area contributed by atoms with Crippen molar-refractivity contribution in [2.24, 2.45) is 0 Å². The lowest BCUT2D eigenvalue weighted by Gasteiger charge is -2.23. The average Bonchev–Trinajstić information content (AvgIpc) is 2.17. The zero-order chi connectivity index (χ0) is 9.84. The molecule has 0 saturated carbocycles. The number of aliphatic hydroxyl groups excluding tert-OH is 1. The molecule has 0 aromatic rings. The lowest BCUT2D eigenvalue weighted by atomic mass is 10.5. The maximum atomic E-state index is 8.98. The number of nitrogens with zero attached hydrogens (tertiary/aromatic N) is 2. The smallest absolute Gasteiger partial charge is 0.110 e. The van der Waals surface area contributed by atoms with Gasteiger partial charge in [0.1, 0.15) is 21.9 Å². The van der Waals surface area contributed by atoms with Gasteiger partial charge in [-0.25, -0.2) is 0 Å². The Balaban J connectivity index is 2.91. The van der Waals surface area contributed by atoms with Crippen molar-refractivity contribution in [2.75, 3.05) is 6.61 Å². The van der Waals surface area contributed by atoms with Crippen molar-refractivity contribution >= 4 is 46.1 Å². The summed E-state index contributed by atoms with van der Waals surface area (Å²) in [5.74, 6) is 0. The first kappa shape index (κ1) is 11.2. The third-order valence-electron chi connectivity index (χ3n) is 1.38. The SMILES string of the molecule is N#CC1=C(C#N)S[C@H](CO)[C@@H](I)S1. The average molecular weight is 324 g/mol. The van der Waals surface area contributed by atoms with Gasteiger partial charge in [-0.1, -0.05) is 34.4 Å². The van der Waals surface area contributed by atoms with Gasteiger partial charge in [-0.05, 0) is 0 Å². The Kier molecular flexibility index (Phi) is 4.39. The predicted molar refractivity (Wildman–Crippen MR) is 62.1 cm³/mol. The van der Waals surface area contributed by atoms with Gasteiger partial charge in [0.05, 0.1) is 15.1 Å². The van der Waals surface area contributed by atoms with E-state index in [1.165, 1.54) is 23.5 Å². The molecule has 0 fully saturated rings. The fourth-order valence-electron chi connectivity index (χ4n) is 0.775. The molecule has 1 aliphatic rings. The molecule has 6 heteroatoms. The van der Waals surface area contributed by atoms with Crippen LogP contribution in [-0.4, -0.2) is 20.2 Å². The highest BCUT2D eigenvalue weighted by Gasteiger charge is 2.29. The van der Waals surface area contributed by atoms with E-state index in [0.29, 0.717) is 9.81 Å². The highest BCUT2D eigenvalue weighted by atomic mass is 127. The third kappa shape index (κ3) is 2.53. The van der Waals surface area contributed by atoms with E-state index >= 15 is 0 Å². The topological polar surface area (TPSA) is 67.8 Å². The summed E-state index contributed by atoms with van der Waals surface area (Å²) in [6.07, 6.45) is 0. The fraction of sp³-hybridized carbons (Fsp3) is 0.429. The number of nitriles is 2. The molecule has 1 heterocycles. The predicted octanol–water partition coefficient (Wildman–Crippen LogP) is 1.85. The second-order valence-corrected chi connectivity index (χ2v) is 6.78. The summed E-state index contributed by atoms with van der Waals surface area (Å²) in [6.45, 7) is 0.0369. The van der Waals surface area contributed by atoms with Crippen LogP contribution < -0.4 is 0 Å². The molecule has 0 unspecified atom stereocenters. The molecule has 1 aliphatic heterocycles. The van der Waals surface area contributed by atoms with Crippen molar-refractivity contribution in [3.8, 4) is 12.1 Å². The van der Waals surface area contributed by atoms with Crippen molar-refractivity contribution in [1.82, 2.24) is 0 Å². The van der Waals surface area contributed by atoms with Gasteiger partial charge in [0.15, 0.2) is 0 Å². The van der Waals surface area contributed by atoms with E-state index in [4.69, 9.17) is 15.6 Å². The summed E-state index contributed by atoms with van der Waals surface area (Å²) in [5, 5.41) is 26.4. The maximum absolute atomic E-state index is 8.98. The van der Waals surface area contributed by atoms with Gasteiger partial charge in [-0.3, -0.25) is 0 Å². The van der Waals surface area contributed by atoms with E-state index in [9.17, 15) is 0 Å². The van der Waals surface area contributed by atoms with E-state index in [1.807, 2.05) is 12.1 Å². The van der Waals surface area contributed by atoms with Gasteiger partial charge in [0.25, 0.3) is 0 Å². The lowest BCUT2D eigenvalue weighted by Crippen LogP contribution is -2.21. The van der Waals surface area contributed by atoms with Crippen LogP contribution in [0.1, 0.15) is 0 Å². The van der Waals surface area contributed by atoms with Gasteiger partial charge in [-0.15, -0.1) is 11.8 Å². The minimum atomic E-state index is 0.0114. The van der Waals surface area contributed by atoms with E-state index in [-0.39, 0.29) is 15.1 Å². The normalized spacial score (nSPS) is 28.0. The summed E-state index contributed by atoms with van der Waals surface area (Å²) in [4.78, 5) is 0.899. The van der Waals surface area contributed by atoms with E-state index in [1.54, 1.807) is 0 Å². The van der Waals surface area contributed by atoms with Crippen LogP contribution >= 0.6 is 46.1 Å². The summed E-state index contributed by atoms with van der Waals surface area (Å²) >= 11 is 4.81. The number of hydrogen-bond donors (Lipinski definition) is 1. The zero-order valence-electron chi connectivity index (χ0n) is 6.40. The molecular weight excluding hydrogens is 319 g/mol. The number of allylic oxidation sites excluding steroid dienone is 2. The van der Waals surface area contributed by atoms with Crippen LogP contribution in [0.4, 0.5) is 0 Å². The van der Waals surface area contributed by atoms with Crippen LogP contribution in [-0.2, 0) is 0 Å². The molecule has 0 bridgehead atoms. The minimum absolute atomic E-state index is 0.0114. The van der Waals surface area contributed by atoms with Crippen molar-refractivity contribution in [2.45, 2.75) is 8.51 Å². The molecule has 68 valence electrons. The van der Waals surface area contributed by atoms with Gasteiger partial charge in [-0.2, -0.15) is 10.5 Å². The molecular formula is C7H5IN2OS2. The number of alkyl halides is 1. The summed E-state index contributed by atoms with van der Waals surface area (Å²) in [7, 11) is 0. The molecule has 0 aromatic carbocycles. The lowest BCUT2D eigenvalue weighted by molar-refractivity contribution is 0.300. The summed E-state index contributed by atoms with van der Waals surface area (Å²) in [5.41, 5.74) is 0. The van der Waals surface area contributed by atoms with Crippen molar-refractivity contribution in [3.05, 3.63) is 9.81 Å². The second-order valence-electron chi connectivity index (χ2n) is 2.19. The van der Waals surface area contributed by atoms with E-state index in [0.717, 1.165) is 0 Å². The van der Waals surface area contributed by atoms with E-state index < -0.39 is 0 Å². The molecule has 1 N–H and O–H groups in total. The highest BCUT2D eigenvalue weighted by molar-refractivity contribution is 14.1. The standard InChI is InChI=1S/C7H5IN2OS2/c8-7-6(3-11)12-4(1-9)5(2-10)13-7/h6-7,11H,3H2/t6-,7+/m1/s1. The molecule has 0 radical (unpaired) electrons. The van der Waals surface area contributed by atoms with E-state index in [2.05, 4.69) is 22.6 Å². The quantitative estimate of drug-likeness (QED) is 0.589. The first-order chi connectivity index (χ1) is 6.22. The Morgan fingerprint density at radius 2 is 1.85 bits per heavy atom. The first-order valence-corrected chi connectivity index (χ1v) is 6.36. The molecule has 0 aromatic heterocycles. The molecule has 0 aliphatic carbocycles. The van der Waals surface area contributed by atoms with Crippen molar-refractivity contribution in [3.63, 3.8) is 0 Å². The molecule has 2 atom stereocenters. The molecule has 13 heavy (non-hydrogen) atoms. The van der Waals surface area contributed by atoms with Crippen LogP contribution in [0.5, 0.6) is 0 Å². The van der Waals surface area contributed by atoms with Crippen molar-refractivity contribution < 1.29 is 5.11 Å². The number of hydrogen-bond acceptors (Lipinski definition) is 5. The van der Waals surface area contributed by atoms with Crippen LogP contribution in [0.2, 0.25) is 0 Å². The number of aliphatic hydroxyl groups is 1. The van der Waals surface area contributed by atoms with Crippen LogP contribution in [0.25, 0.3) is 0 Å². The number of thioether (sulfide) groups is 2. The Morgan fingerprint density at radius 3 is 2.31 bits per heavy atom. The first-order valence-electron chi connectivity index (χ1n) is 3.35. The fourth-order valence-corrected chi connectivity index (χ4v) is 4.19. The Morgan fingerprint density at radius 1 is 1.31 bits per heavy atom. The summed E-state index contributed by atoms with van der Waals surface area (Å²) < 4.78 is 0.152. The monoisotopic (exact) mass is 324 g/mol. The molecule has 1 rings (SSSR count). The highest BCUT2D eigenvalue weighted by Crippen LogP contribution is 2.44. The maximum Gasteiger partial charge on any atom is 0.110 e. The van der Waals surface area contributed by atoms with Gasteiger partial charge >= 0.3 is 0 Å². The van der Waals surface area contributed by atoms with Gasteiger partial charge in [0, 0.05) is 0 Å². The molecule has 0 amide bonds. The third-order valence-corrected chi connectivity index (χ3v) is 6.14. The second kappa shape index (κ2) is 5.11. The Hall–Kier alpha value is 0.110. The van der Waals surface area contributed by atoms with Gasteiger partial charge < -0.3 is 5.11 Å². The van der Waals surface area contributed by atoms with Crippen LogP contribution in [0.3, 0.4) is 0 Å². The molecule has 3 nitrogen and oxygen atoms in total.